The van der Waals surface area contributed by atoms with Crippen LogP contribution in [0.25, 0.3) is 22.3 Å². The van der Waals surface area contributed by atoms with Gasteiger partial charge < -0.3 is 4.57 Å². The fraction of sp³-hybridized carbons (Fsp3) is 0.429. The van der Waals surface area contributed by atoms with Gasteiger partial charge >= 0.3 is 0 Å². The summed E-state index contributed by atoms with van der Waals surface area (Å²) in [5.41, 5.74) is 4.79. The van der Waals surface area contributed by atoms with Gasteiger partial charge in [-0.05, 0) is 42.9 Å². The van der Waals surface area contributed by atoms with Crippen LogP contribution in [0.15, 0.2) is 30.7 Å². The predicted molar refractivity (Wildman–Crippen MR) is 101 cm³/mol. The lowest BCUT2D eigenvalue weighted by Gasteiger charge is -2.22. The van der Waals surface area contributed by atoms with Crippen LogP contribution in [0.4, 0.5) is 0 Å². The summed E-state index contributed by atoms with van der Waals surface area (Å²) in [6.45, 7) is 3.11. The Morgan fingerprint density at radius 1 is 1.19 bits per heavy atom. The van der Waals surface area contributed by atoms with Crippen LogP contribution in [0.2, 0.25) is 0 Å². The third kappa shape index (κ3) is 3.20. The maximum atomic E-state index is 9.34. The zero-order chi connectivity index (χ0) is 17.9. The van der Waals surface area contributed by atoms with E-state index < -0.39 is 0 Å². The Kier molecular flexibility index (Phi) is 4.66. The number of nitriles is 1. The van der Waals surface area contributed by atoms with E-state index in [0.717, 1.165) is 40.8 Å². The molecule has 0 saturated heterocycles. The Bertz CT molecular complexity index is 960. The third-order valence-electron chi connectivity index (χ3n) is 5.37. The number of nitrogens with zero attached hydrogens (tertiary/aromatic N) is 5. The van der Waals surface area contributed by atoms with Crippen LogP contribution >= 0.6 is 0 Å². The zero-order valence-electron chi connectivity index (χ0n) is 15.1. The number of rotatable bonds is 4. The van der Waals surface area contributed by atoms with Crippen molar-refractivity contribution in [3.8, 4) is 17.3 Å². The number of aryl methyl sites for hydroxylation is 1. The van der Waals surface area contributed by atoms with Gasteiger partial charge in [0.2, 0.25) is 5.82 Å². The molecule has 5 nitrogen and oxygen atoms in total. The minimum absolute atomic E-state index is 0.213. The Morgan fingerprint density at radius 3 is 2.81 bits per heavy atom. The second kappa shape index (κ2) is 7.25. The standard InChI is InChI=1S/C21H23N5/c1-2-15-10-17(13-23-12-15)20-21-18(24-19(11-22)25-20)8-9-26(21)14-16-6-4-3-5-7-16/h8-10,12-13,16H,2-7,14H2,1H3. The molecule has 26 heavy (non-hydrogen) atoms. The molecule has 1 saturated carbocycles. The molecule has 3 aromatic heterocycles. The monoisotopic (exact) mass is 345 g/mol. The van der Waals surface area contributed by atoms with E-state index in [1.165, 1.54) is 32.1 Å². The summed E-state index contributed by atoms with van der Waals surface area (Å²) in [6.07, 6.45) is 13.3. The molecular weight excluding hydrogens is 322 g/mol. The van der Waals surface area contributed by atoms with Crippen molar-refractivity contribution < 1.29 is 0 Å². The second-order valence-corrected chi connectivity index (χ2v) is 7.15. The number of aromatic nitrogens is 4. The van der Waals surface area contributed by atoms with Gasteiger partial charge in [-0.2, -0.15) is 5.26 Å². The summed E-state index contributed by atoms with van der Waals surface area (Å²) >= 11 is 0. The lowest BCUT2D eigenvalue weighted by atomic mass is 9.89. The summed E-state index contributed by atoms with van der Waals surface area (Å²) < 4.78 is 2.28. The molecule has 1 aliphatic carbocycles. The highest BCUT2D eigenvalue weighted by atomic mass is 15.0. The molecule has 5 heteroatoms. The van der Waals surface area contributed by atoms with Crippen LogP contribution in [-0.4, -0.2) is 19.5 Å². The van der Waals surface area contributed by atoms with Crippen molar-refractivity contribution in [2.24, 2.45) is 5.92 Å². The van der Waals surface area contributed by atoms with E-state index in [1.54, 1.807) is 0 Å². The van der Waals surface area contributed by atoms with E-state index in [4.69, 9.17) is 0 Å². The van der Waals surface area contributed by atoms with Gasteiger partial charge in [0, 0.05) is 30.7 Å². The van der Waals surface area contributed by atoms with Gasteiger partial charge in [-0.25, -0.2) is 9.97 Å². The first-order chi connectivity index (χ1) is 12.8. The third-order valence-corrected chi connectivity index (χ3v) is 5.37. The zero-order valence-corrected chi connectivity index (χ0v) is 15.1. The Hall–Kier alpha value is -2.74. The maximum absolute atomic E-state index is 9.34. The summed E-state index contributed by atoms with van der Waals surface area (Å²) in [4.78, 5) is 13.4. The van der Waals surface area contributed by atoms with Gasteiger partial charge in [-0.3, -0.25) is 4.98 Å². The largest absolute Gasteiger partial charge is 0.344 e. The van der Waals surface area contributed by atoms with Crippen molar-refractivity contribution in [3.63, 3.8) is 0 Å². The van der Waals surface area contributed by atoms with E-state index in [-0.39, 0.29) is 5.82 Å². The fourth-order valence-corrected chi connectivity index (χ4v) is 3.97. The number of hydrogen-bond acceptors (Lipinski definition) is 4. The molecule has 0 amide bonds. The maximum Gasteiger partial charge on any atom is 0.233 e. The average molecular weight is 345 g/mol. The molecule has 1 aliphatic rings. The fourth-order valence-electron chi connectivity index (χ4n) is 3.97. The van der Waals surface area contributed by atoms with Gasteiger partial charge in [-0.1, -0.05) is 26.2 Å². The molecule has 0 radical (unpaired) electrons. The van der Waals surface area contributed by atoms with Crippen molar-refractivity contribution in [1.29, 1.82) is 5.26 Å². The van der Waals surface area contributed by atoms with Crippen molar-refractivity contribution in [1.82, 2.24) is 19.5 Å². The number of hydrogen-bond donors (Lipinski definition) is 0. The second-order valence-electron chi connectivity index (χ2n) is 7.15. The topological polar surface area (TPSA) is 67.4 Å². The van der Waals surface area contributed by atoms with Gasteiger partial charge in [0.25, 0.3) is 0 Å². The lowest BCUT2D eigenvalue weighted by molar-refractivity contribution is 0.322. The molecule has 0 bridgehead atoms. The van der Waals surface area contributed by atoms with Crippen LogP contribution in [-0.2, 0) is 13.0 Å². The summed E-state index contributed by atoms with van der Waals surface area (Å²) in [5, 5.41) is 9.34. The molecule has 1 fully saturated rings. The van der Waals surface area contributed by atoms with Gasteiger partial charge in [0.1, 0.15) is 11.8 Å². The first-order valence-electron chi connectivity index (χ1n) is 9.49. The summed E-state index contributed by atoms with van der Waals surface area (Å²) in [7, 11) is 0. The molecule has 3 heterocycles. The summed E-state index contributed by atoms with van der Waals surface area (Å²) in [6, 6.07) is 6.22. The van der Waals surface area contributed by atoms with Crippen LogP contribution in [0.3, 0.4) is 0 Å². The van der Waals surface area contributed by atoms with E-state index in [0.29, 0.717) is 5.92 Å². The van der Waals surface area contributed by atoms with Gasteiger partial charge in [0.05, 0.1) is 11.0 Å². The molecule has 4 rings (SSSR count). The molecule has 0 aromatic carbocycles. The van der Waals surface area contributed by atoms with Crippen LogP contribution in [0.1, 0.15) is 50.4 Å². The molecule has 0 aliphatic heterocycles. The molecule has 0 spiro atoms. The Morgan fingerprint density at radius 2 is 2.04 bits per heavy atom. The predicted octanol–water partition coefficient (Wildman–Crippen LogP) is 4.51. The van der Waals surface area contributed by atoms with Gasteiger partial charge in [-0.15, -0.1) is 0 Å². The highest BCUT2D eigenvalue weighted by Gasteiger charge is 2.18. The molecule has 0 N–H and O–H groups in total. The lowest BCUT2D eigenvalue weighted by Crippen LogP contribution is -2.14. The SMILES string of the molecule is CCc1cncc(-c2nc(C#N)nc3ccn(CC4CCCCC4)c23)c1. The molecular formula is C21H23N5. The van der Waals surface area contributed by atoms with Crippen molar-refractivity contribution >= 4 is 11.0 Å². The highest BCUT2D eigenvalue weighted by molar-refractivity contribution is 5.90. The van der Waals surface area contributed by atoms with Crippen molar-refractivity contribution in [3.05, 3.63) is 42.1 Å². The minimum Gasteiger partial charge on any atom is -0.344 e. The Labute approximate surface area is 153 Å². The first-order valence-corrected chi connectivity index (χ1v) is 9.49. The molecule has 0 atom stereocenters. The van der Waals surface area contributed by atoms with Crippen molar-refractivity contribution in [2.75, 3.05) is 0 Å². The summed E-state index contributed by atoms with van der Waals surface area (Å²) in [5.74, 6) is 0.924. The minimum atomic E-state index is 0.213. The molecule has 132 valence electrons. The molecule has 3 aromatic rings. The normalized spacial score (nSPS) is 15.2. The van der Waals surface area contributed by atoms with E-state index in [1.807, 2.05) is 18.5 Å². The first kappa shape index (κ1) is 16.7. The average Bonchev–Trinajstić information content (AvgIpc) is 3.10. The van der Waals surface area contributed by atoms with Crippen LogP contribution < -0.4 is 0 Å². The van der Waals surface area contributed by atoms with Crippen molar-refractivity contribution in [2.45, 2.75) is 52.0 Å². The van der Waals surface area contributed by atoms with Gasteiger partial charge in [0.15, 0.2) is 0 Å². The molecule has 0 unspecified atom stereocenters. The van der Waals surface area contributed by atoms with E-state index in [2.05, 4.69) is 44.8 Å². The van der Waals surface area contributed by atoms with Crippen LogP contribution in [0.5, 0.6) is 0 Å². The smallest absolute Gasteiger partial charge is 0.233 e. The highest BCUT2D eigenvalue weighted by Crippen LogP contribution is 2.30. The van der Waals surface area contributed by atoms with E-state index in [9.17, 15) is 5.26 Å². The number of fused-ring (bicyclic) bond motifs is 1. The van der Waals surface area contributed by atoms with E-state index >= 15 is 0 Å². The number of pyridine rings is 1. The van der Waals surface area contributed by atoms with Crippen LogP contribution in [0, 0.1) is 17.2 Å². The Balaban J connectivity index is 1.83. The quantitative estimate of drug-likeness (QED) is 0.698.